The monoisotopic (exact) mass is 272 g/mol. The predicted octanol–water partition coefficient (Wildman–Crippen LogP) is 0.778. The van der Waals surface area contributed by atoms with Gasteiger partial charge in [0.05, 0.1) is 18.1 Å². The molecule has 0 spiro atoms. The van der Waals surface area contributed by atoms with Gasteiger partial charge in [-0.15, -0.1) is 10.2 Å². The molecule has 0 saturated carbocycles. The molecule has 9 heteroatoms. The van der Waals surface area contributed by atoms with Crippen molar-refractivity contribution in [1.29, 1.82) is 0 Å². The van der Waals surface area contributed by atoms with Gasteiger partial charge in [0, 0.05) is 11.4 Å². The number of aromatic amines is 1. The zero-order chi connectivity index (χ0) is 14.1. The number of anilines is 1. The van der Waals surface area contributed by atoms with E-state index in [0.29, 0.717) is 5.69 Å². The van der Waals surface area contributed by atoms with Crippen molar-refractivity contribution in [3.63, 3.8) is 0 Å². The second-order valence-electron chi connectivity index (χ2n) is 4.51. The van der Waals surface area contributed by atoms with Gasteiger partial charge in [0.1, 0.15) is 0 Å². The van der Waals surface area contributed by atoms with Crippen LogP contribution in [0.2, 0.25) is 0 Å². The summed E-state index contributed by atoms with van der Waals surface area (Å²) < 4.78 is 1.82. The summed E-state index contributed by atoms with van der Waals surface area (Å²) in [6.45, 7) is 4.06. The van der Waals surface area contributed by atoms with E-state index in [9.17, 15) is 4.79 Å². The summed E-state index contributed by atoms with van der Waals surface area (Å²) in [6.07, 6.45) is 3.28. The smallest absolute Gasteiger partial charge is 0.297 e. The highest BCUT2D eigenvalue weighted by atomic mass is 16.2. The molecule has 0 aliphatic heterocycles. The van der Waals surface area contributed by atoms with E-state index in [4.69, 9.17) is 0 Å². The van der Waals surface area contributed by atoms with Crippen molar-refractivity contribution in [3.8, 4) is 0 Å². The van der Waals surface area contributed by atoms with Crippen molar-refractivity contribution in [2.45, 2.75) is 19.9 Å². The van der Waals surface area contributed by atoms with Crippen LogP contribution in [0.4, 0.5) is 5.69 Å². The largest absolute Gasteiger partial charge is 0.318 e. The number of nitrogens with one attached hydrogen (secondary N) is 2. The summed E-state index contributed by atoms with van der Waals surface area (Å²) in [6, 6.07) is 2.02. The molecule has 0 aromatic carbocycles. The van der Waals surface area contributed by atoms with E-state index in [0.717, 1.165) is 11.0 Å². The number of nitrogens with zero attached hydrogens (tertiary/aromatic N) is 6. The Morgan fingerprint density at radius 1 is 1.40 bits per heavy atom. The van der Waals surface area contributed by atoms with Crippen LogP contribution in [0, 0.1) is 0 Å². The molecule has 0 fully saturated rings. The Bertz CT molecular complexity index is 745. The fraction of sp³-hybridized carbons (Fsp3) is 0.273. The van der Waals surface area contributed by atoms with Crippen LogP contribution in [-0.2, 0) is 0 Å². The Hall–Kier alpha value is -2.84. The van der Waals surface area contributed by atoms with Gasteiger partial charge < -0.3 is 5.32 Å². The van der Waals surface area contributed by atoms with Crippen molar-refractivity contribution in [3.05, 3.63) is 24.3 Å². The zero-order valence-electron chi connectivity index (χ0n) is 10.9. The van der Waals surface area contributed by atoms with Crippen molar-refractivity contribution >= 4 is 22.6 Å². The molecule has 9 nitrogen and oxygen atoms in total. The molecule has 0 radical (unpaired) electrons. The molecule has 0 unspecified atom stereocenters. The van der Waals surface area contributed by atoms with Gasteiger partial charge in [0.25, 0.3) is 11.7 Å². The van der Waals surface area contributed by atoms with E-state index >= 15 is 0 Å². The second-order valence-corrected chi connectivity index (χ2v) is 4.51. The number of tetrazole rings is 1. The Morgan fingerprint density at radius 3 is 2.95 bits per heavy atom. The molecule has 1 amide bonds. The topological polar surface area (TPSA) is 114 Å². The number of aromatic nitrogens is 7. The number of rotatable bonds is 3. The molecule has 3 aromatic rings. The lowest BCUT2D eigenvalue weighted by Crippen LogP contribution is -2.14. The Labute approximate surface area is 113 Å². The molecule has 3 aromatic heterocycles. The maximum absolute atomic E-state index is 11.8. The first kappa shape index (κ1) is 12.2. The number of pyridine rings is 1. The van der Waals surface area contributed by atoms with Crippen LogP contribution in [0.1, 0.15) is 30.5 Å². The third kappa shape index (κ3) is 2.09. The van der Waals surface area contributed by atoms with Gasteiger partial charge in [-0.1, -0.05) is 0 Å². The number of carbonyl (C=O) groups is 1. The molecule has 0 aliphatic carbocycles. The molecule has 0 bridgehead atoms. The summed E-state index contributed by atoms with van der Waals surface area (Å²) in [4.78, 5) is 16.1. The molecular formula is C11H12N8O. The van der Waals surface area contributed by atoms with Crippen molar-refractivity contribution in [2.75, 3.05) is 5.32 Å². The first-order valence-corrected chi connectivity index (χ1v) is 6.03. The summed E-state index contributed by atoms with van der Waals surface area (Å²) >= 11 is 0. The minimum Gasteiger partial charge on any atom is -0.318 e. The molecule has 102 valence electrons. The van der Waals surface area contributed by atoms with Gasteiger partial charge in [0.2, 0.25) is 0 Å². The van der Waals surface area contributed by atoms with E-state index < -0.39 is 5.91 Å². The minimum atomic E-state index is -0.448. The summed E-state index contributed by atoms with van der Waals surface area (Å²) in [5.41, 5.74) is 1.33. The molecule has 0 saturated heterocycles. The lowest BCUT2D eigenvalue weighted by atomic mass is 10.3. The quantitative estimate of drug-likeness (QED) is 0.728. The number of H-pyrrole nitrogens is 1. The average Bonchev–Trinajstić information content (AvgIpc) is 3.07. The lowest BCUT2D eigenvalue weighted by Gasteiger charge is -2.06. The predicted molar refractivity (Wildman–Crippen MR) is 70.0 cm³/mol. The van der Waals surface area contributed by atoms with Crippen LogP contribution >= 0.6 is 0 Å². The van der Waals surface area contributed by atoms with E-state index in [1.807, 2.05) is 18.5 Å². The first-order valence-electron chi connectivity index (χ1n) is 6.03. The van der Waals surface area contributed by atoms with Crippen LogP contribution in [0.5, 0.6) is 0 Å². The van der Waals surface area contributed by atoms with E-state index in [1.54, 1.807) is 18.5 Å². The normalized spacial score (nSPS) is 11.2. The summed E-state index contributed by atoms with van der Waals surface area (Å²) in [7, 11) is 0. The van der Waals surface area contributed by atoms with Crippen LogP contribution in [-0.4, -0.2) is 41.3 Å². The van der Waals surface area contributed by atoms with Gasteiger partial charge in [-0.2, -0.15) is 10.3 Å². The Morgan fingerprint density at radius 2 is 2.25 bits per heavy atom. The van der Waals surface area contributed by atoms with E-state index in [-0.39, 0.29) is 11.9 Å². The molecule has 0 atom stereocenters. The van der Waals surface area contributed by atoms with Crippen LogP contribution in [0.25, 0.3) is 11.0 Å². The number of hydrogen-bond acceptors (Lipinski definition) is 6. The maximum Gasteiger partial charge on any atom is 0.297 e. The van der Waals surface area contributed by atoms with Crippen LogP contribution in [0.15, 0.2) is 18.5 Å². The second kappa shape index (κ2) is 4.68. The minimum absolute atomic E-state index is 0.0250. The highest BCUT2D eigenvalue weighted by Crippen LogP contribution is 2.19. The zero-order valence-corrected chi connectivity index (χ0v) is 10.9. The van der Waals surface area contributed by atoms with Gasteiger partial charge >= 0.3 is 0 Å². The number of hydrogen-bond donors (Lipinski definition) is 2. The standard InChI is InChI=1S/C11H12N8O/c1-6(2)19-10-7(4-13-19)3-8(5-12-10)14-11(20)9-15-17-18-16-9/h3-6H,1-2H3,(H,14,20)(H,15,16,17,18). The summed E-state index contributed by atoms with van der Waals surface area (Å²) in [5.74, 6) is -0.473. The highest BCUT2D eigenvalue weighted by Gasteiger charge is 2.13. The molecule has 2 N–H and O–H groups in total. The highest BCUT2D eigenvalue weighted by molar-refractivity contribution is 6.02. The SMILES string of the molecule is CC(C)n1ncc2cc(NC(=O)c3nn[nH]n3)cnc21. The van der Waals surface area contributed by atoms with Crippen LogP contribution in [0.3, 0.4) is 0 Å². The number of amides is 1. The van der Waals surface area contributed by atoms with Gasteiger partial charge in [-0.25, -0.2) is 9.67 Å². The Kier molecular flexibility index (Phi) is 2.86. The van der Waals surface area contributed by atoms with Crippen molar-refractivity contribution in [2.24, 2.45) is 0 Å². The fourth-order valence-corrected chi connectivity index (χ4v) is 1.83. The van der Waals surface area contributed by atoms with Gasteiger partial charge in [0.15, 0.2) is 5.65 Å². The maximum atomic E-state index is 11.8. The third-order valence-electron chi connectivity index (χ3n) is 2.73. The van der Waals surface area contributed by atoms with Crippen molar-refractivity contribution in [1.82, 2.24) is 35.4 Å². The molecular weight excluding hydrogens is 260 g/mol. The third-order valence-corrected chi connectivity index (χ3v) is 2.73. The Balaban J connectivity index is 1.88. The van der Waals surface area contributed by atoms with Gasteiger partial charge in [-0.3, -0.25) is 4.79 Å². The summed E-state index contributed by atoms with van der Waals surface area (Å²) in [5, 5.41) is 20.5. The van der Waals surface area contributed by atoms with E-state index in [1.165, 1.54) is 0 Å². The molecule has 0 aliphatic rings. The fourth-order valence-electron chi connectivity index (χ4n) is 1.83. The average molecular weight is 272 g/mol. The number of carbonyl (C=O) groups excluding carboxylic acids is 1. The molecule has 20 heavy (non-hydrogen) atoms. The van der Waals surface area contributed by atoms with Crippen LogP contribution < -0.4 is 5.32 Å². The molecule has 3 heterocycles. The molecule has 3 rings (SSSR count). The van der Waals surface area contributed by atoms with Crippen molar-refractivity contribution < 1.29 is 4.79 Å². The number of fused-ring (bicyclic) bond motifs is 1. The first-order chi connectivity index (χ1) is 9.65. The van der Waals surface area contributed by atoms with E-state index in [2.05, 4.69) is 36.0 Å². The lowest BCUT2D eigenvalue weighted by molar-refractivity contribution is 0.101. The van der Waals surface area contributed by atoms with Gasteiger partial charge in [-0.05, 0) is 25.1 Å².